The summed E-state index contributed by atoms with van der Waals surface area (Å²) in [7, 11) is 0. The quantitative estimate of drug-likeness (QED) is 0.749. The van der Waals surface area contributed by atoms with Crippen LogP contribution in [0.4, 0.5) is 0 Å². The Bertz CT molecular complexity index is 534. The molecule has 0 saturated heterocycles. The summed E-state index contributed by atoms with van der Waals surface area (Å²) in [5.41, 5.74) is 2.34. The summed E-state index contributed by atoms with van der Waals surface area (Å²) < 4.78 is 6.85. The largest absolute Gasteiger partial charge is 0.493 e. The molecule has 1 aromatic carbocycles. The molecule has 0 aliphatic carbocycles. The summed E-state index contributed by atoms with van der Waals surface area (Å²) in [4.78, 5) is 0. The topological polar surface area (TPSA) is 45.0 Å². The maximum absolute atomic E-state index is 8.98. The number of nitriles is 1. The van der Waals surface area contributed by atoms with E-state index in [1.807, 2.05) is 13.8 Å². The lowest BCUT2D eigenvalue weighted by atomic mass is 9.89. The number of nitrogens with zero attached hydrogens (tertiary/aromatic N) is 1. The van der Waals surface area contributed by atoms with Gasteiger partial charge >= 0.3 is 0 Å². The Kier molecular flexibility index (Phi) is 5.66. The molecule has 0 radical (unpaired) electrons. The third-order valence-electron chi connectivity index (χ3n) is 3.85. The van der Waals surface area contributed by atoms with Crippen LogP contribution in [0.15, 0.2) is 16.6 Å². The second-order valence-electron chi connectivity index (χ2n) is 6.28. The van der Waals surface area contributed by atoms with Crippen LogP contribution < -0.4 is 10.1 Å². The average molecular weight is 351 g/mol. The first-order valence-electron chi connectivity index (χ1n) is 7.58. The van der Waals surface area contributed by atoms with Crippen LogP contribution in [0.2, 0.25) is 0 Å². The van der Waals surface area contributed by atoms with Crippen molar-refractivity contribution in [3.05, 3.63) is 27.7 Å². The van der Waals surface area contributed by atoms with E-state index in [1.165, 1.54) is 11.1 Å². The summed E-state index contributed by atoms with van der Waals surface area (Å²) >= 11 is 3.57. The lowest BCUT2D eigenvalue weighted by Gasteiger charge is -2.14. The zero-order valence-corrected chi connectivity index (χ0v) is 14.4. The molecule has 1 aliphatic rings. The Hall–Kier alpha value is -1.05. The van der Waals surface area contributed by atoms with Gasteiger partial charge in [0.25, 0.3) is 0 Å². The van der Waals surface area contributed by atoms with Gasteiger partial charge in [0.15, 0.2) is 0 Å². The Morgan fingerprint density at radius 2 is 2.19 bits per heavy atom. The van der Waals surface area contributed by atoms with Crippen molar-refractivity contribution in [2.75, 3.05) is 13.2 Å². The van der Waals surface area contributed by atoms with Crippen molar-refractivity contribution in [3.8, 4) is 11.8 Å². The van der Waals surface area contributed by atoms with Gasteiger partial charge in [-0.15, -0.1) is 0 Å². The van der Waals surface area contributed by atoms with Gasteiger partial charge in [-0.3, -0.25) is 0 Å². The van der Waals surface area contributed by atoms with Crippen LogP contribution in [-0.2, 0) is 13.0 Å². The molecule has 4 heteroatoms. The summed E-state index contributed by atoms with van der Waals surface area (Å²) in [6, 6.07) is 6.63. The standard InChI is InChI=1S/C17H23BrN2O/c1-17(2,12-19)6-3-4-7-20-11-14-10-15(18)9-13-5-8-21-16(13)14/h9-10,20H,3-8,11H2,1-2H3. The molecule has 0 amide bonds. The van der Waals surface area contributed by atoms with Crippen LogP contribution in [0.25, 0.3) is 0 Å². The maximum atomic E-state index is 8.98. The van der Waals surface area contributed by atoms with Crippen molar-refractivity contribution in [2.24, 2.45) is 5.41 Å². The van der Waals surface area contributed by atoms with Crippen LogP contribution in [0, 0.1) is 16.7 Å². The zero-order valence-electron chi connectivity index (χ0n) is 12.8. The predicted octanol–water partition coefficient (Wildman–Crippen LogP) is 4.19. The fourth-order valence-corrected chi connectivity index (χ4v) is 3.13. The van der Waals surface area contributed by atoms with Crippen LogP contribution in [0.1, 0.15) is 44.2 Å². The molecule has 1 aliphatic heterocycles. The molecule has 1 heterocycles. The van der Waals surface area contributed by atoms with E-state index in [4.69, 9.17) is 10.00 Å². The van der Waals surface area contributed by atoms with Gasteiger partial charge < -0.3 is 10.1 Å². The van der Waals surface area contributed by atoms with Crippen LogP contribution in [-0.4, -0.2) is 13.2 Å². The van der Waals surface area contributed by atoms with Crippen molar-refractivity contribution in [2.45, 2.75) is 46.1 Å². The van der Waals surface area contributed by atoms with Gasteiger partial charge in [-0.25, -0.2) is 0 Å². The van der Waals surface area contributed by atoms with Gasteiger partial charge in [-0.2, -0.15) is 5.26 Å². The maximum Gasteiger partial charge on any atom is 0.127 e. The molecule has 0 unspecified atom stereocenters. The van der Waals surface area contributed by atoms with Crippen molar-refractivity contribution in [3.63, 3.8) is 0 Å². The molecule has 1 N–H and O–H groups in total. The molecule has 0 bridgehead atoms. The average Bonchev–Trinajstić information content (AvgIpc) is 2.90. The first kappa shape index (κ1) is 16.3. The summed E-state index contributed by atoms with van der Waals surface area (Å²) in [6.45, 7) is 6.61. The Balaban J connectivity index is 1.74. The van der Waals surface area contributed by atoms with E-state index >= 15 is 0 Å². The molecule has 1 aromatic rings. The van der Waals surface area contributed by atoms with E-state index in [0.717, 1.165) is 55.6 Å². The van der Waals surface area contributed by atoms with E-state index in [9.17, 15) is 0 Å². The van der Waals surface area contributed by atoms with Gasteiger partial charge in [0.2, 0.25) is 0 Å². The fraction of sp³-hybridized carbons (Fsp3) is 0.588. The zero-order chi connectivity index (χ0) is 15.3. The Labute approximate surface area is 135 Å². The first-order valence-corrected chi connectivity index (χ1v) is 8.37. The molecular weight excluding hydrogens is 328 g/mol. The number of rotatable bonds is 7. The smallest absolute Gasteiger partial charge is 0.127 e. The monoisotopic (exact) mass is 350 g/mol. The summed E-state index contributed by atoms with van der Waals surface area (Å²) in [6.07, 6.45) is 4.15. The minimum absolute atomic E-state index is 0.195. The van der Waals surface area contributed by atoms with Crippen molar-refractivity contribution < 1.29 is 4.74 Å². The molecule has 114 valence electrons. The van der Waals surface area contributed by atoms with Gasteiger partial charge in [-0.05, 0) is 50.9 Å². The minimum Gasteiger partial charge on any atom is -0.493 e. The van der Waals surface area contributed by atoms with Gasteiger partial charge in [0, 0.05) is 23.0 Å². The lowest BCUT2D eigenvalue weighted by molar-refractivity contribution is 0.352. The van der Waals surface area contributed by atoms with E-state index in [2.05, 4.69) is 39.4 Å². The lowest BCUT2D eigenvalue weighted by Crippen LogP contribution is -2.16. The van der Waals surface area contributed by atoms with Crippen molar-refractivity contribution in [1.82, 2.24) is 5.32 Å². The number of hydrogen-bond acceptors (Lipinski definition) is 3. The molecule has 0 atom stereocenters. The highest BCUT2D eigenvalue weighted by Gasteiger charge is 2.17. The number of nitrogens with one attached hydrogen (secondary N) is 1. The third kappa shape index (κ3) is 4.72. The van der Waals surface area contributed by atoms with E-state index in [1.54, 1.807) is 0 Å². The van der Waals surface area contributed by atoms with Gasteiger partial charge in [0.05, 0.1) is 18.1 Å². The summed E-state index contributed by atoms with van der Waals surface area (Å²) in [5.74, 6) is 1.07. The molecule has 3 nitrogen and oxygen atoms in total. The molecule has 0 aromatic heterocycles. The molecule has 0 fully saturated rings. The third-order valence-corrected chi connectivity index (χ3v) is 4.31. The second kappa shape index (κ2) is 7.29. The number of benzene rings is 1. The number of hydrogen-bond donors (Lipinski definition) is 1. The van der Waals surface area contributed by atoms with E-state index in [0.29, 0.717) is 0 Å². The number of ether oxygens (including phenoxy) is 1. The number of fused-ring (bicyclic) bond motifs is 1. The van der Waals surface area contributed by atoms with Gasteiger partial charge in [0.1, 0.15) is 5.75 Å². The van der Waals surface area contributed by atoms with Crippen LogP contribution >= 0.6 is 15.9 Å². The predicted molar refractivity (Wildman–Crippen MR) is 88.3 cm³/mol. The highest BCUT2D eigenvalue weighted by molar-refractivity contribution is 9.10. The molecular formula is C17H23BrN2O. The normalized spacial score (nSPS) is 13.6. The molecule has 2 rings (SSSR count). The highest BCUT2D eigenvalue weighted by Crippen LogP contribution is 2.32. The van der Waals surface area contributed by atoms with E-state index in [-0.39, 0.29) is 5.41 Å². The van der Waals surface area contributed by atoms with Crippen molar-refractivity contribution >= 4 is 15.9 Å². The molecule has 21 heavy (non-hydrogen) atoms. The number of halogens is 1. The van der Waals surface area contributed by atoms with Crippen LogP contribution in [0.5, 0.6) is 5.75 Å². The second-order valence-corrected chi connectivity index (χ2v) is 7.20. The van der Waals surface area contributed by atoms with Gasteiger partial charge in [-0.1, -0.05) is 22.4 Å². The molecule has 0 spiro atoms. The SMILES string of the molecule is CC(C)(C#N)CCCCNCc1cc(Br)cc2c1OCC2. The number of unbranched alkanes of at least 4 members (excludes halogenated alkanes) is 1. The Morgan fingerprint density at radius 1 is 1.38 bits per heavy atom. The summed E-state index contributed by atoms with van der Waals surface area (Å²) in [5, 5.41) is 12.5. The van der Waals surface area contributed by atoms with Crippen LogP contribution in [0.3, 0.4) is 0 Å². The highest BCUT2D eigenvalue weighted by atomic mass is 79.9. The van der Waals surface area contributed by atoms with E-state index < -0.39 is 0 Å². The molecule has 0 saturated carbocycles. The van der Waals surface area contributed by atoms with Crippen molar-refractivity contribution in [1.29, 1.82) is 5.26 Å². The fourth-order valence-electron chi connectivity index (χ4n) is 2.57. The minimum atomic E-state index is -0.195. The first-order chi connectivity index (χ1) is 10.0. The Morgan fingerprint density at radius 3 is 2.95 bits per heavy atom.